The first-order valence-corrected chi connectivity index (χ1v) is 6.45. The van der Waals surface area contributed by atoms with Gasteiger partial charge in [-0.1, -0.05) is 11.6 Å². The average molecular weight is 258 g/mol. The zero-order chi connectivity index (χ0) is 12.5. The van der Waals surface area contributed by atoms with Crippen LogP contribution in [0.2, 0.25) is 5.02 Å². The SMILES string of the molecule is Cc1nn(C)c(CNCC2(CCO)CC2)c1Cl. The van der Waals surface area contributed by atoms with Crippen molar-refractivity contribution in [2.24, 2.45) is 12.5 Å². The van der Waals surface area contributed by atoms with E-state index < -0.39 is 0 Å². The molecule has 5 heteroatoms. The second-order valence-corrected chi connectivity index (χ2v) is 5.42. The number of aryl methyl sites for hydroxylation is 2. The van der Waals surface area contributed by atoms with Crippen molar-refractivity contribution in [1.29, 1.82) is 0 Å². The van der Waals surface area contributed by atoms with E-state index in [1.165, 1.54) is 12.8 Å². The predicted molar refractivity (Wildman–Crippen MR) is 68.0 cm³/mol. The number of nitrogens with zero attached hydrogens (tertiary/aromatic N) is 2. The van der Waals surface area contributed by atoms with Crippen LogP contribution in [0.5, 0.6) is 0 Å². The molecule has 0 aromatic carbocycles. The van der Waals surface area contributed by atoms with Crippen molar-refractivity contribution in [1.82, 2.24) is 15.1 Å². The van der Waals surface area contributed by atoms with Crippen LogP contribution in [-0.2, 0) is 13.6 Å². The smallest absolute Gasteiger partial charge is 0.0860 e. The molecule has 0 unspecified atom stereocenters. The molecule has 1 aliphatic rings. The Morgan fingerprint density at radius 2 is 2.24 bits per heavy atom. The Morgan fingerprint density at radius 3 is 2.71 bits per heavy atom. The Bertz CT molecular complexity index is 399. The van der Waals surface area contributed by atoms with Gasteiger partial charge in [0, 0.05) is 26.7 Å². The molecule has 2 rings (SSSR count). The van der Waals surface area contributed by atoms with Gasteiger partial charge < -0.3 is 10.4 Å². The lowest BCUT2D eigenvalue weighted by molar-refractivity contribution is 0.245. The van der Waals surface area contributed by atoms with Crippen molar-refractivity contribution < 1.29 is 5.11 Å². The van der Waals surface area contributed by atoms with Crippen molar-refractivity contribution in [3.63, 3.8) is 0 Å². The lowest BCUT2D eigenvalue weighted by atomic mass is 10.0. The molecular formula is C12H20ClN3O. The molecular weight excluding hydrogens is 238 g/mol. The highest BCUT2D eigenvalue weighted by Crippen LogP contribution is 2.47. The summed E-state index contributed by atoms with van der Waals surface area (Å²) in [5.74, 6) is 0. The maximum Gasteiger partial charge on any atom is 0.0860 e. The van der Waals surface area contributed by atoms with Crippen LogP contribution in [0.4, 0.5) is 0 Å². The molecule has 4 nitrogen and oxygen atoms in total. The minimum Gasteiger partial charge on any atom is -0.396 e. The van der Waals surface area contributed by atoms with E-state index in [9.17, 15) is 0 Å². The van der Waals surface area contributed by atoms with Gasteiger partial charge in [0.25, 0.3) is 0 Å². The van der Waals surface area contributed by atoms with E-state index in [1.807, 2.05) is 18.7 Å². The molecule has 96 valence electrons. The van der Waals surface area contributed by atoms with Gasteiger partial charge in [-0.25, -0.2) is 0 Å². The summed E-state index contributed by atoms with van der Waals surface area (Å²) in [7, 11) is 1.91. The summed E-state index contributed by atoms with van der Waals surface area (Å²) in [5, 5.41) is 17.5. The van der Waals surface area contributed by atoms with Crippen LogP contribution in [0.25, 0.3) is 0 Å². The summed E-state index contributed by atoms with van der Waals surface area (Å²) in [6.45, 7) is 3.89. The van der Waals surface area contributed by atoms with Crippen molar-refractivity contribution >= 4 is 11.6 Å². The fourth-order valence-corrected chi connectivity index (χ4v) is 2.47. The zero-order valence-corrected chi connectivity index (χ0v) is 11.2. The number of hydrogen-bond donors (Lipinski definition) is 2. The summed E-state index contributed by atoms with van der Waals surface area (Å²) in [6, 6.07) is 0. The lowest BCUT2D eigenvalue weighted by Crippen LogP contribution is -2.25. The van der Waals surface area contributed by atoms with Gasteiger partial charge in [0.15, 0.2) is 0 Å². The molecule has 0 saturated heterocycles. The van der Waals surface area contributed by atoms with Crippen LogP contribution in [0.15, 0.2) is 0 Å². The summed E-state index contributed by atoms with van der Waals surface area (Å²) in [6.07, 6.45) is 3.34. The molecule has 0 aliphatic heterocycles. The Labute approximate surface area is 107 Å². The van der Waals surface area contributed by atoms with Gasteiger partial charge in [0.05, 0.1) is 16.4 Å². The van der Waals surface area contributed by atoms with Crippen LogP contribution in [0, 0.1) is 12.3 Å². The van der Waals surface area contributed by atoms with Crippen molar-refractivity contribution in [3.05, 3.63) is 16.4 Å². The number of aliphatic hydroxyl groups excluding tert-OH is 1. The van der Waals surface area contributed by atoms with Crippen LogP contribution >= 0.6 is 11.6 Å². The number of halogens is 1. The molecule has 1 saturated carbocycles. The molecule has 1 aromatic heterocycles. The zero-order valence-electron chi connectivity index (χ0n) is 10.5. The number of aliphatic hydroxyl groups is 1. The van der Waals surface area contributed by atoms with E-state index in [1.54, 1.807) is 0 Å². The number of nitrogens with one attached hydrogen (secondary N) is 1. The van der Waals surface area contributed by atoms with E-state index in [0.717, 1.165) is 35.9 Å². The fourth-order valence-electron chi connectivity index (χ4n) is 2.25. The molecule has 17 heavy (non-hydrogen) atoms. The summed E-state index contributed by atoms with van der Waals surface area (Å²) >= 11 is 6.18. The molecule has 0 radical (unpaired) electrons. The highest BCUT2D eigenvalue weighted by atomic mass is 35.5. The summed E-state index contributed by atoms with van der Waals surface area (Å²) in [5.41, 5.74) is 2.25. The normalized spacial score (nSPS) is 17.4. The number of hydrogen-bond acceptors (Lipinski definition) is 3. The third-order valence-corrected chi connectivity index (χ3v) is 4.14. The molecule has 0 spiro atoms. The topological polar surface area (TPSA) is 50.1 Å². The molecule has 0 atom stereocenters. The Hall–Kier alpha value is -0.580. The van der Waals surface area contributed by atoms with Gasteiger partial charge in [-0.2, -0.15) is 5.10 Å². The van der Waals surface area contributed by atoms with E-state index in [0.29, 0.717) is 5.41 Å². The minimum atomic E-state index is 0.285. The van der Waals surface area contributed by atoms with E-state index in [-0.39, 0.29) is 6.61 Å². The lowest BCUT2D eigenvalue weighted by Gasteiger charge is -2.14. The maximum absolute atomic E-state index is 8.99. The van der Waals surface area contributed by atoms with Gasteiger partial charge in [-0.3, -0.25) is 4.68 Å². The number of rotatable bonds is 6. The first-order chi connectivity index (χ1) is 8.08. The van der Waals surface area contributed by atoms with Crippen LogP contribution in [0.3, 0.4) is 0 Å². The molecule has 0 bridgehead atoms. The van der Waals surface area contributed by atoms with Crippen molar-refractivity contribution in [2.45, 2.75) is 32.7 Å². The van der Waals surface area contributed by atoms with Gasteiger partial charge in [-0.05, 0) is 31.6 Å². The van der Waals surface area contributed by atoms with E-state index in [4.69, 9.17) is 16.7 Å². The average Bonchev–Trinajstić information content (AvgIpc) is 2.99. The van der Waals surface area contributed by atoms with Crippen molar-refractivity contribution in [2.75, 3.05) is 13.2 Å². The van der Waals surface area contributed by atoms with E-state index in [2.05, 4.69) is 10.4 Å². The Kier molecular flexibility index (Phi) is 3.76. The largest absolute Gasteiger partial charge is 0.396 e. The fraction of sp³-hybridized carbons (Fsp3) is 0.750. The van der Waals surface area contributed by atoms with Crippen LogP contribution < -0.4 is 5.32 Å². The van der Waals surface area contributed by atoms with Gasteiger partial charge in [0.1, 0.15) is 0 Å². The molecule has 2 N–H and O–H groups in total. The summed E-state index contributed by atoms with van der Waals surface area (Å²) in [4.78, 5) is 0. The first-order valence-electron chi connectivity index (χ1n) is 6.07. The predicted octanol–water partition coefficient (Wildman–Crippen LogP) is 1.63. The monoisotopic (exact) mass is 257 g/mol. The molecule has 1 aliphatic carbocycles. The standard InChI is InChI=1S/C12H20ClN3O/c1-9-11(13)10(16(2)15-9)7-14-8-12(3-4-12)5-6-17/h14,17H,3-8H2,1-2H3. The quantitative estimate of drug-likeness (QED) is 0.815. The highest BCUT2D eigenvalue weighted by molar-refractivity contribution is 6.31. The number of aromatic nitrogens is 2. The van der Waals surface area contributed by atoms with E-state index >= 15 is 0 Å². The van der Waals surface area contributed by atoms with Crippen LogP contribution in [-0.4, -0.2) is 28.0 Å². The molecule has 0 amide bonds. The third kappa shape index (κ3) is 2.81. The Morgan fingerprint density at radius 1 is 1.53 bits per heavy atom. The summed E-state index contributed by atoms with van der Waals surface area (Å²) < 4.78 is 1.83. The Balaban J connectivity index is 1.86. The van der Waals surface area contributed by atoms with Crippen LogP contribution in [0.1, 0.15) is 30.7 Å². The van der Waals surface area contributed by atoms with Gasteiger partial charge in [0.2, 0.25) is 0 Å². The van der Waals surface area contributed by atoms with Crippen molar-refractivity contribution in [3.8, 4) is 0 Å². The highest BCUT2D eigenvalue weighted by Gasteiger charge is 2.41. The molecule has 1 heterocycles. The maximum atomic E-state index is 8.99. The molecule has 1 fully saturated rings. The second-order valence-electron chi connectivity index (χ2n) is 5.05. The first kappa shape index (κ1) is 12.9. The third-order valence-electron chi connectivity index (χ3n) is 3.65. The molecule has 1 aromatic rings. The van der Waals surface area contributed by atoms with Gasteiger partial charge in [-0.15, -0.1) is 0 Å². The van der Waals surface area contributed by atoms with Gasteiger partial charge >= 0.3 is 0 Å². The second kappa shape index (κ2) is 4.96. The minimum absolute atomic E-state index is 0.285.